The summed E-state index contributed by atoms with van der Waals surface area (Å²) >= 11 is 1.70. The molecule has 0 saturated carbocycles. The summed E-state index contributed by atoms with van der Waals surface area (Å²) in [5, 5.41) is 3.25. The van der Waals surface area contributed by atoms with Crippen LogP contribution < -0.4 is 5.56 Å². The molecule has 0 bridgehead atoms. The average Bonchev–Trinajstić information content (AvgIpc) is 3.06. The molecule has 23 heavy (non-hydrogen) atoms. The Morgan fingerprint density at radius 1 is 1.43 bits per heavy atom. The van der Waals surface area contributed by atoms with E-state index < -0.39 is 0 Å². The summed E-state index contributed by atoms with van der Waals surface area (Å²) in [6.45, 7) is 3.69. The normalized spacial score (nSPS) is 18.1. The van der Waals surface area contributed by atoms with Gasteiger partial charge in [-0.15, -0.1) is 11.3 Å². The van der Waals surface area contributed by atoms with Crippen LogP contribution in [0.3, 0.4) is 0 Å². The summed E-state index contributed by atoms with van der Waals surface area (Å²) < 4.78 is 1.46. The SMILES string of the molecule is CCc1csc([C@@H]2CCCN(C(=O)Cn3ccccc3=O)C2)n1. The van der Waals surface area contributed by atoms with E-state index in [9.17, 15) is 9.59 Å². The molecule has 1 amide bonds. The third kappa shape index (κ3) is 3.69. The van der Waals surface area contributed by atoms with Crippen LogP contribution in [0.1, 0.15) is 36.4 Å². The number of nitrogens with zero attached hydrogens (tertiary/aromatic N) is 3. The van der Waals surface area contributed by atoms with Gasteiger partial charge in [-0.2, -0.15) is 0 Å². The van der Waals surface area contributed by atoms with Crippen molar-refractivity contribution in [1.29, 1.82) is 0 Å². The van der Waals surface area contributed by atoms with E-state index in [1.807, 2.05) is 4.90 Å². The lowest BCUT2D eigenvalue weighted by Crippen LogP contribution is -2.42. The van der Waals surface area contributed by atoms with E-state index in [0.717, 1.165) is 36.5 Å². The zero-order valence-electron chi connectivity index (χ0n) is 13.3. The predicted octanol–water partition coefficient (Wildman–Crippen LogP) is 2.27. The second kappa shape index (κ2) is 7.08. The number of aromatic nitrogens is 2. The number of rotatable bonds is 4. The van der Waals surface area contributed by atoms with Crippen LogP contribution >= 0.6 is 11.3 Å². The summed E-state index contributed by atoms with van der Waals surface area (Å²) in [5.41, 5.74) is 0.992. The number of hydrogen-bond donors (Lipinski definition) is 0. The minimum Gasteiger partial charge on any atom is -0.340 e. The van der Waals surface area contributed by atoms with Gasteiger partial charge in [0.25, 0.3) is 5.56 Å². The molecule has 2 aromatic heterocycles. The first-order valence-corrected chi connectivity index (χ1v) is 8.93. The van der Waals surface area contributed by atoms with Gasteiger partial charge < -0.3 is 9.47 Å². The van der Waals surface area contributed by atoms with Gasteiger partial charge in [-0.25, -0.2) is 4.98 Å². The van der Waals surface area contributed by atoms with E-state index in [0.29, 0.717) is 12.5 Å². The first kappa shape index (κ1) is 15.9. The van der Waals surface area contributed by atoms with Crippen molar-refractivity contribution in [2.24, 2.45) is 0 Å². The van der Waals surface area contributed by atoms with E-state index in [4.69, 9.17) is 0 Å². The number of thiazole rings is 1. The Morgan fingerprint density at radius 3 is 3.04 bits per heavy atom. The number of pyridine rings is 1. The van der Waals surface area contributed by atoms with Gasteiger partial charge in [-0.05, 0) is 25.3 Å². The molecule has 0 radical (unpaired) electrons. The highest BCUT2D eigenvalue weighted by molar-refractivity contribution is 7.09. The lowest BCUT2D eigenvalue weighted by atomic mass is 9.98. The molecule has 0 aromatic carbocycles. The second-order valence-corrected chi connectivity index (χ2v) is 6.77. The fourth-order valence-electron chi connectivity index (χ4n) is 2.91. The molecule has 1 saturated heterocycles. The van der Waals surface area contributed by atoms with Crippen LogP contribution in [0.15, 0.2) is 34.6 Å². The zero-order valence-corrected chi connectivity index (χ0v) is 14.1. The lowest BCUT2D eigenvalue weighted by Gasteiger charge is -2.32. The van der Waals surface area contributed by atoms with Gasteiger partial charge in [0, 0.05) is 36.7 Å². The number of aryl methyl sites for hydroxylation is 1. The highest BCUT2D eigenvalue weighted by atomic mass is 32.1. The minimum atomic E-state index is -0.137. The average molecular weight is 331 g/mol. The van der Waals surface area contributed by atoms with Crippen LogP contribution in [-0.2, 0) is 17.8 Å². The molecule has 3 rings (SSSR count). The van der Waals surface area contributed by atoms with Crippen LogP contribution in [0.2, 0.25) is 0 Å². The molecule has 5 nitrogen and oxygen atoms in total. The molecule has 1 aliphatic rings. The van der Waals surface area contributed by atoms with Crippen molar-refractivity contribution in [3.63, 3.8) is 0 Å². The molecule has 0 spiro atoms. The molecule has 122 valence electrons. The van der Waals surface area contributed by atoms with Crippen molar-refractivity contribution < 1.29 is 4.79 Å². The quantitative estimate of drug-likeness (QED) is 0.863. The molecule has 1 atom stereocenters. The summed E-state index contributed by atoms with van der Waals surface area (Å²) in [4.78, 5) is 30.8. The van der Waals surface area contributed by atoms with Gasteiger partial charge >= 0.3 is 0 Å². The number of likely N-dealkylation sites (tertiary alicyclic amines) is 1. The zero-order chi connectivity index (χ0) is 16.2. The minimum absolute atomic E-state index is 0.00951. The van der Waals surface area contributed by atoms with Crippen molar-refractivity contribution >= 4 is 17.2 Å². The molecular formula is C17H21N3O2S. The van der Waals surface area contributed by atoms with Gasteiger partial charge in [0.15, 0.2) is 0 Å². The van der Waals surface area contributed by atoms with E-state index >= 15 is 0 Å². The maximum atomic E-state index is 12.5. The Labute approximate surface area is 139 Å². The van der Waals surface area contributed by atoms with E-state index in [-0.39, 0.29) is 18.0 Å². The predicted molar refractivity (Wildman–Crippen MR) is 90.7 cm³/mol. The third-order valence-corrected chi connectivity index (χ3v) is 5.32. The molecule has 2 aromatic rings. The number of piperidine rings is 1. The van der Waals surface area contributed by atoms with Crippen LogP contribution in [-0.4, -0.2) is 33.4 Å². The molecule has 0 N–H and O–H groups in total. The van der Waals surface area contributed by atoms with Crippen LogP contribution in [0, 0.1) is 0 Å². The van der Waals surface area contributed by atoms with Gasteiger partial charge in [-0.3, -0.25) is 9.59 Å². The van der Waals surface area contributed by atoms with Crippen LogP contribution in [0.4, 0.5) is 0 Å². The Bertz CT molecular complexity index is 737. The Balaban J connectivity index is 1.67. The van der Waals surface area contributed by atoms with Gasteiger partial charge in [-0.1, -0.05) is 13.0 Å². The van der Waals surface area contributed by atoms with Crippen LogP contribution in [0.25, 0.3) is 0 Å². The van der Waals surface area contributed by atoms with Crippen molar-refractivity contribution in [3.8, 4) is 0 Å². The number of amides is 1. The topological polar surface area (TPSA) is 55.2 Å². The maximum Gasteiger partial charge on any atom is 0.250 e. The summed E-state index contributed by atoms with van der Waals surface area (Å²) in [7, 11) is 0. The van der Waals surface area contributed by atoms with Crippen molar-refractivity contribution in [3.05, 3.63) is 50.8 Å². The highest BCUT2D eigenvalue weighted by Crippen LogP contribution is 2.29. The van der Waals surface area contributed by atoms with E-state index in [1.165, 1.54) is 10.6 Å². The number of carbonyl (C=O) groups is 1. The first-order chi connectivity index (χ1) is 11.2. The van der Waals surface area contributed by atoms with Gasteiger partial charge in [0.2, 0.25) is 5.91 Å². The second-order valence-electron chi connectivity index (χ2n) is 5.88. The summed E-state index contributed by atoms with van der Waals surface area (Å²) in [5.74, 6) is 0.334. The Morgan fingerprint density at radius 2 is 2.30 bits per heavy atom. The monoisotopic (exact) mass is 331 g/mol. The molecule has 3 heterocycles. The van der Waals surface area contributed by atoms with Crippen molar-refractivity contribution in [2.45, 2.75) is 38.6 Å². The Kier molecular flexibility index (Phi) is 4.91. The summed E-state index contributed by atoms with van der Waals surface area (Å²) in [6, 6.07) is 4.94. The molecular weight excluding hydrogens is 310 g/mol. The molecule has 1 aliphatic heterocycles. The lowest BCUT2D eigenvalue weighted by molar-refractivity contribution is -0.133. The van der Waals surface area contributed by atoms with Crippen molar-refractivity contribution in [2.75, 3.05) is 13.1 Å². The van der Waals surface area contributed by atoms with Crippen molar-refractivity contribution in [1.82, 2.24) is 14.5 Å². The molecule has 0 unspecified atom stereocenters. The van der Waals surface area contributed by atoms with E-state index in [2.05, 4.69) is 17.3 Å². The fraction of sp³-hybridized carbons (Fsp3) is 0.471. The maximum absolute atomic E-state index is 12.5. The number of carbonyl (C=O) groups excluding carboxylic acids is 1. The molecule has 0 aliphatic carbocycles. The third-order valence-electron chi connectivity index (χ3n) is 4.26. The standard InChI is InChI=1S/C17H21N3O2S/c1-2-14-12-23-17(18-14)13-6-5-9-19(10-13)16(22)11-20-8-4-3-7-15(20)21/h3-4,7-8,12-13H,2,5-6,9-11H2,1H3/t13-/m1/s1. The molecule has 1 fully saturated rings. The molecule has 6 heteroatoms. The largest absolute Gasteiger partial charge is 0.340 e. The highest BCUT2D eigenvalue weighted by Gasteiger charge is 2.26. The Hall–Kier alpha value is -1.95. The number of hydrogen-bond acceptors (Lipinski definition) is 4. The van der Waals surface area contributed by atoms with E-state index in [1.54, 1.807) is 29.7 Å². The van der Waals surface area contributed by atoms with Gasteiger partial charge in [0.1, 0.15) is 6.54 Å². The smallest absolute Gasteiger partial charge is 0.250 e. The van der Waals surface area contributed by atoms with Gasteiger partial charge in [0.05, 0.1) is 10.7 Å². The first-order valence-electron chi connectivity index (χ1n) is 8.05. The van der Waals surface area contributed by atoms with Crippen LogP contribution in [0.5, 0.6) is 0 Å². The fourth-order valence-corrected chi connectivity index (χ4v) is 3.95. The summed E-state index contributed by atoms with van der Waals surface area (Å²) in [6.07, 6.45) is 4.67.